The van der Waals surface area contributed by atoms with Gasteiger partial charge in [0, 0.05) is 6.07 Å². The normalized spacial score (nSPS) is 10.7. The van der Waals surface area contributed by atoms with E-state index in [-0.39, 0.29) is 17.1 Å². The van der Waals surface area contributed by atoms with E-state index in [1.807, 2.05) is 5.43 Å². The highest BCUT2D eigenvalue weighted by atomic mass is 16.6. The van der Waals surface area contributed by atoms with Gasteiger partial charge in [-0.2, -0.15) is 5.10 Å². The number of nitrogen functional groups attached to an aromatic ring is 1. The highest BCUT2D eigenvalue weighted by Gasteiger charge is 2.23. The number of nitro groups is 2. The standard InChI is InChI=1S/C10H7N7O7/c11-9-7(14-24-15-9)10(19)13-12-3-4-1-5(16(20)21)2-6(8(4)18)17(22)23/h1-3,18H,(H2,11,15)(H,13,19)/b12-3+. The molecule has 0 saturated heterocycles. The molecule has 0 unspecified atom stereocenters. The molecule has 0 atom stereocenters. The minimum Gasteiger partial charge on any atom is -0.502 e. The number of aromatic nitrogens is 2. The molecule has 0 saturated carbocycles. The van der Waals surface area contributed by atoms with Crippen LogP contribution in [0.15, 0.2) is 21.9 Å². The van der Waals surface area contributed by atoms with Crippen molar-refractivity contribution in [3.63, 3.8) is 0 Å². The molecule has 0 aliphatic carbocycles. The Labute approximate surface area is 130 Å². The number of benzene rings is 1. The molecule has 4 N–H and O–H groups in total. The van der Waals surface area contributed by atoms with E-state index in [0.717, 1.165) is 12.3 Å². The van der Waals surface area contributed by atoms with Crippen LogP contribution in [-0.4, -0.2) is 37.4 Å². The van der Waals surface area contributed by atoms with Gasteiger partial charge in [-0.05, 0) is 10.3 Å². The van der Waals surface area contributed by atoms with Crippen LogP contribution in [0.2, 0.25) is 0 Å². The molecule has 1 aromatic heterocycles. The maximum absolute atomic E-state index is 11.6. The maximum Gasteiger partial charge on any atom is 0.318 e. The van der Waals surface area contributed by atoms with Gasteiger partial charge in [-0.15, -0.1) is 0 Å². The number of anilines is 1. The molecule has 0 spiro atoms. The quantitative estimate of drug-likeness (QED) is 0.375. The minimum absolute atomic E-state index is 0.295. The van der Waals surface area contributed by atoms with Gasteiger partial charge in [-0.25, -0.2) is 10.1 Å². The SMILES string of the molecule is Nc1nonc1C(=O)N/N=C/c1cc([N+](=O)[O-])cc([N+](=O)[O-])c1O. The van der Waals surface area contributed by atoms with E-state index in [0.29, 0.717) is 6.07 Å². The van der Waals surface area contributed by atoms with Gasteiger partial charge in [-0.3, -0.25) is 25.0 Å². The lowest BCUT2D eigenvalue weighted by atomic mass is 10.1. The Morgan fingerprint density at radius 2 is 2.04 bits per heavy atom. The fourth-order valence-corrected chi connectivity index (χ4v) is 1.54. The summed E-state index contributed by atoms with van der Waals surface area (Å²) < 4.78 is 4.21. The number of carbonyl (C=O) groups excluding carboxylic acids is 1. The van der Waals surface area contributed by atoms with Crippen molar-refractivity contribution < 1.29 is 24.4 Å². The van der Waals surface area contributed by atoms with Gasteiger partial charge in [0.05, 0.1) is 27.7 Å². The number of phenolic OH excluding ortho intramolecular Hbond substituents is 1. The number of aromatic hydroxyl groups is 1. The smallest absolute Gasteiger partial charge is 0.318 e. The second-order valence-electron chi connectivity index (χ2n) is 4.11. The average Bonchev–Trinajstić information content (AvgIpc) is 2.94. The molecule has 1 heterocycles. The number of nitro benzene ring substituents is 2. The zero-order chi connectivity index (χ0) is 17.9. The van der Waals surface area contributed by atoms with Gasteiger partial charge < -0.3 is 10.8 Å². The first-order valence-electron chi connectivity index (χ1n) is 5.88. The zero-order valence-electron chi connectivity index (χ0n) is 11.4. The number of nitrogens with one attached hydrogen (secondary N) is 1. The number of hydrogen-bond acceptors (Lipinski definition) is 11. The predicted molar refractivity (Wildman–Crippen MR) is 75.2 cm³/mol. The third kappa shape index (κ3) is 3.21. The Hall–Kier alpha value is -4.10. The van der Waals surface area contributed by atoms with E-state index >= 15 is 0 Å². The van der Waals surface area contributed by atoms with Crippen LogP contribution in [0.5, 0.6) is 5.75 Å². The summed E-state index contributed by atoms with van der Waals surface area (Å²) in [5.74, 6) is -2.06. The molecule has 0 aliphatic rings. The summed E-state index contributed by atoms with van der Waals surface area (Å²) in [6.07, 6.45) is 0.775. The molecule has 14 heteroatoms. The van der Waals surface area contributed by atoms with Crippen molar-refractivity contribution in [2.45, 2.75) is 0 Å². The van der Waals surface area contributed by atoms with Gasteiger partial charge >= 0.3 is 5.69 Å². The van der Waals surface area contributed by atoms with E-state index < -0.39 is 32.9 Å². The Morgan fingerprint density at radius 1 is 1.33 bits per heavy atom. The number of carbonyl (C=O) groups is 1. The Morgan fingerprint density at radius 3 is 2.58 bits per heavy atom. The van der Waals surface area contributed by atoms with Crippen LogP contribution in [0, 0.1) is 20.2 Å². The second-order valence-corrected chi connectivity index (χ2v) is 4.11. The summed E-state index contributed by atoms with van der Waals surface area (Å²) in [6.45, 7) is 0. The van der Waals surface area contributed by atoms with E-state index in [4.69, 9.17) is 5.73 Å². The topological polar surface area (TPSA) is 213 Å². The van der Waals surface area contributed by atoms with Gasteiger partial charge in [0.25, 0.3) is 11.6 Å². The predicted octanol–water partition coefficient (Wildman–Crippen LogP) is -0.0623. The number of hydrogen-bond donors (Lipinski definition) is 3. The van der Waals surface area contributed by atoms with Crippen LogP contribution in [0.25, 0.3) is 0 Å². The van der Waals surface area contributed by atoms with Crippen LogP contribution >= 0.6 is 0 Å². The molecule has 2 rings (SSSR count). The van der Waals surface area contributed by atoms with Crippen LogP contribution in [-0.2, 0) is 0 Å². The molecule has 0 bridgehead atoms. The van der Waals surface area contributed by atoms with Crippen LogP contribution < -0.4 is 11.2 Å². The van der Waals surface area contributed by atoms with Crippen molar-refractivity contribution in [3.05, 3.63) is 43.6 Å². The Bertz CT molecular complexity index is 859. The summed E-state index contributed by atoms with van der Waals surface area (Å²) in [4.78, 5) is 31.3. The van der Waals surface area contributed by atoms with Crippen molar-refractivity contribution in [2.75, 3.05) is 5.73 Å². The fourth-order valence-electron chi connectivity index (χ4n) is 1.54. The molecule has 0 fully saturated rings. The maximum atomic E-state index is 11.6. The number of amides is 1. The number of phenols is 1. The third-order valence-electron chi connectivity index (χ3n) is 2.61. The van der Waals surface area contributed by atoms with Gasteiger partial charge in [0.2, 0.25) is 17.3 Å². The number of nitrogens with two attached hydrogens (primary N) is 1. The van der Waals surface area contributed by atoms with Gasteiger partial charge in [0.1, 0.15) is 0 Å². The number of nitrogens with zero attached hydrogens (tertiary/aromatic N) is 5. The summed E-state index contributed by atoms with van der Waals surface area (Å²) >= 11 is 0. The molecule has 1 amide bonds. The molecule has 124 valence electrons. The summed E-state index contributed by atoms with van der Waals surface area (Å²) in [6, 6.07) is 1.43. The first-order chi connectivity index (χ1) is 11.3. The van der Waals surface area contributed by atoms with Crippen molar-refractivity contribution in [3.8, 4) is 5.75 Å². The molecular weight excluding hydrogens is 330 g/mol. The summed E-state index contributed by atoms with van der Waals surface area (Å²) in [5, 5.41) is 41.1. The van der Waals surface area contributed by atoms with E-state index in [9.17, 15) is 30.1 Å². The highest BCUT2D eigenvalue weighted by molar-refractivity contribution is 5.96. The average molecular weight is 337 g/mol. The van der Waals surface area contributed by atoms with Crippen molar-refractivity contribution in [2.24, 2.45) is 5.10 Å². The molecule has 2 aromatic rings. The van der Waals surface area contributed by atoms with Gasteiger partial charge in [0.15, 0.2) is 0 Å². The van der Waals surface area contributed by atoms with Crippen molar-refractivity contribution in [1.29, 1.82) is 0 Å². The first kappa shape index (κ1) is 16.3. The Balaban J connectivity index is 2.28. The molecule has 0 aliphatic heterocycles. The zero-order valence-corrected chi connectivity index (χ0v) is 11.4. The number of rotatable bonds is 5. The third-order valence-corrected chi connectivity index (χ3v) is 2.61. The Kier molecular flexibility index (Phi) is 4.30. The minimum atomic E-state index is -1.000. The monoisotopic (exact) mass is 337 g/mol. The molecular formula is C10H7N7O7. The van der Waals surface area contributed by atoms with Crippen LogP contribution in [0.3, 0.4) is 0 Å². The summed E-state index contributed by atoms with van der Waals surface area (Å²) in [5.41, 5.74) is 4.97. The molecule has 24 heavy (non-hydrogen) atoms. The first-order valence-corrected chi connectivity index (χ1v) is 5.88. The summed E-state index contributed by atoms with van der Waals surface area (Å²) in [7, 11) is 0. The lowest BCUT2D eigenvalue weighted by Crippen LogP contribution is -2.19. The lowest BCUT2D eigenvalue weighted by molar-refractivity contribution is -0.394. The number of non-ortho nitro benzene ring substituents is 1. The van der Waals surface area contributed by atoms with E-state index in [1.54, 1.807) is 0 Å². The molecule has 14 nitrogen and oxygen atoms in total. The second kappa shape index (κ2) is 6.34. The van der Waals surface area contributed by atoms with Gasteiger partial charge in [-0.1, -0.05) is 0 Å². The van der Waals surface area contributed by atoms with Crippen molar-refractivity contribution in [1.82, 2.24) is 15.7 Å². The largest absolute Gasteiger partial charge is 0.502 e. The van der Waals surface area contributed by atoms with Crippen molar-refractivity contribution >= 4 is 29.3 Å². The van der Waals surface area contributed by atoms with Crippen LogP contribution in [0.1, 0.15) is 16.1 Å². The fraction of sp³-hybridized carbons (Fsp3) is 0. The molecule has 1 aromatic carbocycles. The van der Waals surface area contributed by atoms with E-state index in [2.05, 4.69) is 20.0 Å². The lowest BCUT2D eigenvalue weighted by Gasteiger charge is -2.01. The molecule has 0 radical (unpaired) electrons. The van der Waals surface area contributed by atoms with E-state index in [1.165, 1.54) is 0 Å². The van der Waals surface area contributed by atoms with Crippen LogP contribution in [0.4, 0.5) is 17.2 Å². The highest BCUT2D eigenvalue weighted by Crippen LogP contribution is 2.33. The number of hydrazone groups is 1.